The van der Waals surface area contributed by atoms with Gasteiger partial charge in [0.05, 0.1) is 22.0 Å². The molecule has 1 aromatic rings. The molecule has 0 bridgehead atoms. The SMILES string of the molecule is CC1CN(c2cc3c(cc2Cl)C(=O)C(=O)N3)CC1C. The normalized spacial score (nSPS) is 25.7. The monoisotopic (exact) mass is 278 g/mol. The molecule has 0 aromatic heterocycles. The van der Waals surface area contributed by atoms with Gasteiger partial charge >= 0.3 is 0 Å². The third kappa shape index (κ3) is 1.91. The van der Waals surface area contributed by atoms with Gasteiger partial charge in [0, 0.05) is 13.1 Å². The number of nitrogens with one attached hydrogen (secondary N) is 1. The summed E-state index contributed by atoms with van der Waals surface area (Å²) in [5.41, 5.74) is 1.84. The zero-order valence-corrected chi connectivity index (χ0v) is 11.6. The Morgan fingerprint density at radius 2 is 1.84 bits per heavy atom. The van der Waals surface area contributed by atoms with Crippen LogP contribution in [0.1, 0.15) is 24.2 Å². The van der Waals surface area contributed by atoms with Crippen LogP contribution in [0.5, 0.6) is 0 Å². The lowest BCUT2D eigenvalue weighted by Gasteiger charge is -2.20. The number of hydrogen-bond donors (Lipinski definition) is 1. The molecular weight excluding hydrogens is 264 g/mol. The fraction of sp³-hybridized carbons (Fsp3) is 0.429. The van der Waals surface area contributed by atoms with Gasteiger partial charge < -0.3 is 10.2 Å². The summed E-state index contributed by atoms with van der Waals surface area (Å²) in [6.07, 6.45) is 0. The highest BCUT2D eigenvalue weighted by atomic mass is 35.5. The molecule has 2 aliphatic heterocycles. The molecule has 4 nitrogen and oxygen atoms in total. The lowest BCUT2D eigenvalue weighted by atomic mass is 10.0. The number of hydrogen-bond acceptors (Lipinski definition) is 3. The standard InChI is InChI=1S/C14H15ClN2O2/c1-7-5-17(6-8(7)2)12-4-11-9(3-10(12)15)13(18)14(19)16-11/h3-4,7-8H,5-6H2,1-2H3,(H,16,18,19). The van der Waals surface area contributed by atoms with E-state index in [1.165, 1.54) is 0 Å². The number of rotatable bonds is 1. The van der Waals surface area contributed by atoms with Crippen molar-refractivity contribution in [3.05, 3.63) is 22.7 Å². The van der Waals surface area contributed by atoms with Crippen molar-refractivity contribution in [2.75, 3.05) is 23.3 Å². The van der Waals surface area contributed by atoms with Crippen molar-refractivity contribution < 1.29 is 9.59 Å². The molecule has 1 aromatic carbocycles. The molecule has 0 radical (unpaired) electrons. The number of nitrogens with zero attached hydrogens (tertiary/aromatic N) is 1. The van der Waals surface area contributed by atoms with Crippen LogP contribution in [0.2, 0.25) is 5.02 Å². The van der Waals surface area contributed by atoms with E-state index in [9.17, 15) is 9.59 Å². The largest absolute Gasteiger partial charge is 0.370 e. The Labute approximate surface area is 116 Å². The first-order chi connectivity index (χ1) is 8.97. The van der Waals surface area contributed by atoms with Crippen LogP contribution in [-0.2, 0) is 4.79 Å². The van der Waals surface area contributed by atoms with Crippen molar-refractivity contribution in [1.29, 1.82) is 0 Å². The molecule has 1 amide bonds. The second-order valence-electron chi connectivity index (χ2n) is 5.49. The first-order valence-corrected chi connectivity index (χ1v) is 6.79. The zero-order chi connectivity index (χ0) is 13.7. The van der Waals surface area contributed by atoms with Crippen molar-refractivity contribution >= 4 is 34.7 Å². The van der Waals surface area contributed by atoms with Crippen LogP contribution >= 0.6 is 11.6 Å². The lowest BCUT2D eigenvalue weighted by molar-refractivity contribution is -0.112. The van der Waals surface area contributed by atoms with Crippen LogP contribution in [-0.4, -0.2) is 24.8 Å². The topological polar surface area (TPSA) is 49.4 Å². The van der Waals surface area contributed by atoms with Crippen LogP contribution in [0.3, 0.4) is 0 Å². The number of fused-ring (bicyclic) bond motifs is 1. The average Bonchev–Trinajstić information content (AvgIpc) is 2.82. The van der Waals surface area contributed by atoms with Gasteiger partial charge in [0.1, 0.15) is 0 Å². The zero-order valence-electron chi connectivity index (χ0n) is 10.9. The highest BCUT2D eigenvalue weighted by molar-refractivity contribution is 6.52. The summed E-state index contributed by atoms with van der Waals surface area (Å²) < 4.78 is 0. The number of amides is 1. The molecule has 0 saturated carbocycles. The third-order valence-electron chi connectivity index (χ3n) is 4.11. The Bertz CT molecular complexity index is 575. The Kier molecular flexibility index (Phi) is 2.78. The molecule has 0 aliphatic carbocycles. The maximum absolute atomic E-state index is 11.6. The summed E-state index contributed by atoms with van der Waals surface area (Å²) in [5.74, 6) is 0.138. The molecule has 19 heavy (non-hydrogen) atoms. The summed E-state index contributed by atoms with van der Waals surface area (Å²) in [4.78, 5) is 25.2. The van der Waals surface area contributed by atoms with E-state index in [1.54, 1.807) is 6.07 Å². The highest BCUT2D eigenvalue weighted by Gasteiger charge is 2.32. The predicted octanol–water partition coefficient (Wildman–Crippen LogP) is 2.57. The van der Waals surface area contributed by atoms with E-state index in [1.807, 2.05) is 6.07 Å². The summed E-state index contributed by atoms with van der Waals surface area (Å²) in [6.45, 7) is 6.33. The van der Waals surface area contributed by atoms with Gasteiger partial charge in [-0.25, -0.2) is 0 Å². The number of Topliss-reactive ketones (excluding diaryl/α,β-unsaturated/α-hetero) is 1. The maximum Gasteiger partial charge on any atom is 0.296 e. The van der Waals surface area contributed by atoms with Crippen molar-refractivity contribution in [2.24, 2.45) is 11.8 Å². The molecule has 0 spiro atoms. The smallest absolute Gasteiger partial charge is 0.296 e. The molecular formula is C14H15ClN2O2. The van der Waals surface area contributed by atoms with E-state index in [0.29, 0.717) is 28.1 Å². The fourth-order valence-corrected chi connectivity index (χ4v) is 3.01. The van der Waals surface area contributed by atoms with Gasteiger partial charge in [-0.1, -0.05) is 25.4 Å². The van der Waals surface area contributed by atoms with E-state index in [-0.39, 0.29) is 0 Å². The molecule has 100 valence electrons. The third-order valence-corrected chi connectivity index (χ3v) is 4.42. The van der Waals surface area contributed by atoms with Gasteiger partial charge in [0.15, 0.2) is 0 Å². The summed E-state index contributed by atoms with van der Waals surface area (Å²) >= 11 is 6.26. The Balaban J connectivity index is 1.99. The van der Waals surface area contributed by atoms with Gasteiger partial charge in [-0.2, -0.15) is 0 Å². The molecule has 3 rings (SSSR count). The van der Waals surface area contributed by atoms with Gasteiger partial charge in [0.25, 0.3) is 11.7 Å². The number of carbonyl (C=O) groups is 2. The summed E-state index contributed by atoms with van der Waals surface area (Å²) in [7, 11) is 0. The van der Waals surface area contributed by atoms with E-state index in [0.717, 1.165) is 18.8 Å². The number of benzene rings is 1. The Hall–Kier alpha value is -1.55. The van der Waals surface area contributed by atoms with Gasteiger partial charge in [-0.05, 0) is 24.0 Å². The minimum absolute atomic E-state index is 0.374. The Morgan fingerprint density at radius 3 is 2.47 bits per heavy atom. The first-order valence-electron chi connectivity index (χ1n) is 6.41. The fourth-order valence-electron chi connectivity index (χ4n) is 2.72. The van der Waals surface area contributed by atoms with Crippen molar-refractivity contribution in [1.82, 2.24) is 0 Å². The minimum Gasteiger partial charge on any atom is -0.370 e. The van der Waals surface area contributed by atoms with Crippen molar-refractivity contribution in [3.8, 4) is 0 Å². The molecule has 1 N–H and O–H groups in total. The van der Waals surface area contributed by atoms with Crippen LogP contribution in [0, 0.1) is 11.8 Å². The van der Waals surface area contributed by atoms with Crippen LogP contribution < -0.4 is 10.2 Å². The molecule has 2 atom stereocenters. The van der Waals surface area contributed by atoms with E-state index < -0.39 is 11.7 Å². The molecule has 2 heterocycles. The highest BCUT2D eigenvalue weighted by Crippen LogP contribution is 2.38. The average molecular weight is 279 g/mol. The van der Waals surface area contributed by atoms with Gasteiger partial charge in [-0.15, -0.1) is 0 Å². The van der Waals surface area contributed by atoms with Crippen LogP contribution in [0.25, 0.3) is 0 Å². The quantitative estimate of drug-likeness (QED) is 0.803. The first kappa shape index (κ1) is 12.5. The van der Waals surface area contributed by atoms with Crippen molar-refractivity contribution in [2.45, 2.75) is 13.8 Å². The number of carbonyl (C=O) groups excluding carboxylic acids is 2. The molecule has 2 aliphatic rings. The maximum atomic E-state index is 11.6. The van der Waals surface area contributed by atoms with E-state index in [4.69, 9.17) is 11.6 Å². The van der Waals surface area contributed by atoms with E-state index in [2.05, 4.69) is 24.1 Å². The van der Waals surface area contributed by atoms with Crippen LogP contribution in [0.4, 0.5) is 11.4 Å². The molecule has 1 saturated heterocycles. The van der Waals surface area contributed by atoms with E-state index >= 15 is 0 Å². The van der Waals surface area contributed by atoms with Gasteiger partial charge in [-0.3, -0.25) is 9.59 Å². The van der Waals surface area contributed by atoms with Crippen molar-refractivity contribution in [3.63, 3.8) is 0 Å². The number of anilines is 2. The van der Waals surface area contributed by atoms with Crippen LogP contribution in [0.15, 0.2) is 12.1 Å². The molecule has 2 unspecified atom stereocenters. The second kappa shape index (κ2) is 4.23. The second-order valence-corrected chi connectivity index (χ2v) is 5.90. The summed E-state index contributed by atoms with van der Waals surface area (Å²) in [6, 6.07) is 3.41. The Morgan fingerprint density at radius 1 is 1.21 bits per heavy atom. The number of halogens is 1. The summed E-state index contributed by atoms with van der Waals surface area (Å²) in [5, 5.41) is 3.12. The molecule has 1 fully saturated rings. The number of ketones is 1. The minimum atomic E-state index is -0.577. The van der Waals surface area contributed by atoms with Gasteiger partial charge in [0.2, 0.25) is 0 Å². The lowest BCUT2D eigenvalue weighted by Crippen LogP contribution is -2.20. The predicted molar refractivity (Wildman–Crippen MR) is 75.0 cm³/mol. The molecule has 5 heteroatoms.